The number of halogens is 1. The van der Waals surface area contributed by atoms with Gasteiger partial charge >= 0.3 is 5.97 Å². The summed E-state index contributed by atoms with van der Waals surface area (Å²) < 4.78 is 0. The van der Waals surface area contributed by atoms with Crippen molar-refractivity contribution in [2.24, 2.45) is 5.92 Å². The van der Waals surface area contributed by atoms with Crippen molar-refractivity contribution < 1.29 is 14.8 Å². The van der Waals surface area contributed by atoms with E-state index in [1.54, 1.807) is 0 Å². The van der Waals surface area contributed by atoms with E-state index in [2.05, 4.69) is 0 Å². The zero-order chi connectivity index (χ0) is 11.9. The van der Waals surface area contributed by atoms with Crippen LogP contribution in [0.5, 0.6) is 0 Å². The molecule has 0 aromatic heterocycles. The number of hydrogen-bond donors (Lipinski definition) is 1. The van der Waals surface area contributed by atoms with Gasteiger partial charge in [0.1, 0.15) is 0 Å². The number of carbonyl (C=O) groups is 1. The van der Waals surface area contributed by atoms with Gasteiger partial charge in [-0.3, -0.25) is 14.9 Å². The van der Waals surface area contributed by atoms with Crippen molar-refractivity contribution in [3.63, 3.8) is 0 Å². The van der Waals surface area contributed by atoms with Crippen LogP contribution in [0.15, 0.2) is 18.2 Å². The van der Waals surface area contributed by atoms with Gasteiger partial charge in [0.15, 0.2) is 0 Å². The van der Waals surface area contributed by atoms with Crippen LogP contribution in [0.1, 0.15) is 17.9 Å². The van der Waals surface area contributed by atoms with Crippen molar-refractivity contribution in [1.82, 2.24) is 0 Å². The average molecular weight is 242 g/mol. The summed E-state index contributed by atoms with van der Waals surface area (Å²) in [6.45, 7) is 0. The number of nitro groups is 1. The molecule has 1 aromatic rings. The Morgan fingerprint density at radius 3 is 2.75 bits per heavy atom. The van der Waals surface area contributed by atoms with Crippen molar-refractivity contribution in [3.8, 4) is 0 Å². The first-order chi connectivity index (χ1) is 7.50. The van der Waals surface area contributed by atoms with Gasteiger partial charge in [0.25, 0.3) is 5.69 Å². The lowest BCUT2D eigenvalue weighted by Gasteiger charge is -2.01. The third-order valence-electron chi connectivity index (χ3n) is 2.69. The fraction of sp³-hybridized carbons (Fsp3) is 0.300. The average Bonchev–Trinajstić information content (AvgIpc) is 2.96. The molecule has 0 radical (unpaired) electrons. The second-order valence-corrected chi connectivity index (χ2v) is 4.18. The van der Waals surface area contributed by atoms with Crippen LogP contribution in [-0.4, -0.2) is 16.0 Å². The fourth-order valence-electron chi connectivity index (χ4n) is 1.80. The topological polar surface area (TPSA) is 80.4 Å². The molecule has 0 amide bonds. The maximum atomic E-state index is 10.8. The summed E-state index contributed by atoms with van der Waals surface area (Å²) in [4.78, 5) is 21.0. The molecule has 1 N–H and O–H groups in total. The van der Waals surface area contributed by atoms with Gasteiger partial charge in [-0.1, -0.05) is 11.6 Å². The van der Waals surface area contributed by atoms with Crippen molar-refractivity contribution in [2.45, 2.75) is 12.3 Å². The Morgan fingerprint density at radius 2 is 2.25 bits per heavy atom. The molecule has 1 aliphatic rings. The number of nitrogens with zero attached hydrogens (tertiary/aromatic N) is 1. The number of benzene rings is 1. The van der Waals surface area contributed by atoms with Crippen LogP contribution in [-0.2, 0) is 4.79 Å². The monoisotopic (exact) mass is 241 g/mol. The molecule has 0 bridgehead atoms. The first kappa shape index (κ1) is 10.9. The molecule has 0 unspecified atom stereocenters. The van der Waals surface area contributed by atoms with Crippen molar-refractivity contribution in [3.05, 3.63) is 38.9 Å². The Balaban J connectivity index is 2.37. The molecule has 2 atom stereocenters. The maximum Gasteiger partial charge on any atom is 0.307 e. The van der Waals surface area contributed by atoms with Crippen LogP contribution < -0.4 is 0 Å². The third kappa shape index (κ3) is 1.86. The van der Waals surface area contributed by atoms with E-state index in [1.165, 1.54) is 18.2 Å². The lowest BCUT2D eigenvalue weighted by Crippen LogP contribution is -2.01. The van der Waals surface area contributed by atoms with E-state index in [1.807, 2.05) is 0 Å². The second kappa shape index (κ2) is 3.75. The molecule has 2 rings (SSSR count). The first-order valence-electron chi connectivity index (χ1n) is 4.67. The van der Waals surface area contributed by atoms with Gasteiger partial charge in [0, 0.05) is 22.6 Å². The highest BCUT2D eigenvalue weighted by Gasteiger charge is 2.47. The fourth-order valence-corrected chi connectivity index (χ4v) is 1.98. The van der Waals surface area contributed by atoms with E-state index in [4.69, 9.17) is 16.7 Å². The summed E-state index contributed by atoms with van der Waals surface area (Å²) >= 11 is 5.75. The Morgan fingerprint density at radius 1 is 1.56 bits per heavy atom. The molecule has 0 saturated heterocycles. The Labute approximate surface area is 95.8 Å². The van der Waals surface area contributed by atoms with E-state index < -0.39 is 16.8 Å². The minimum Gasteiger partial charge on any atom is -0.481 e. The van der Waals surface area contributed by atoms with Gasteiger partial charge < -0.3 is 5.11 Å². The summed E-state index contributed by atoms with van der Waals surface area (Å²) in [6.07, 6.45) is 0.441. The van der Waals surface area contributed by atoms with Gasteiger partial charge in [-0.15, -0.1) is 0 Å². The minimum absolute atomic E-state index is 0.0573. The molecule has 1 saturated carbocycles. The molecule has 16 heavy (non-hydrogen) atoms. The highest BCUT2D eigenvalue weighted by Crippen LogP contribution is 2.50. The zero-order valence-corrected chi connectivity index (χ0v) is 8.85. The molecular weight excluding hydrogens is 234 g/mol. The van der Waals surface area contributed by atoms with E-state index >= 15 is 0 Å². The Bertz CT molecular complexity index is 474. The summed E-state index contributed by atoms with van der Waals surface area (Å²) in [6, 6.07) is 4.23. The lowest BCUT2D eigenvalue weighted by molar-refractivity contribution is -0.385. The number of aliphatic carboxylic acids is 1. The number of nitro benzene ring substituents is 1. The summed E-state index contributed by atoms with van der Waals surface area (Å²) in [7, 11) is 0. The van der Waals surface area contributed by atoms with Crippen LogP contribution in [0.25, 0.3) is 0 Å². The van der Waals surface area contributed by atoms with Gasteiger partial charge in [0.2, 0.25) is 0 Å². The smallest absolute Gasteiger partial charge is 0.307 e. The molecule has 1 fully saturated rings. The molecule has 0 spiro atoms. The van der Waals surface area contributed by atoms with Crippen LogP contribution in [0, 0.1) is 16.0 Å². The second-order valence-electron chi connectivity index (χ2n) is 3.75. The molecule has 0 heterocycles. The van der Waals surface area contributed by atoms with Crippen molar-refractivity contribution >= 4 is 23.3 Å². The summed E-state index contributed by atoms with van der Waals surface area (Å²) in [5.74, 6) is -1.71. The molecule has 84 valence electrons. The van der Waals surface area contributed by atoms with Gasteiger partial charge in [-0.2, -0.15) is 0 Å². The number of carboxylic acids is 1. The van der Waals surface area contributed by atoms with Gasteiger partial charge in [-0.05, 0) is 18.6 Å². The molecule has 1 aromatic carbocycles. The van der Waals surface area contributed by atoms with E-state index in [9.17, 15) is 14.9 Å². The van der Waals surface area contributed by atoms with E-state index in [0.29, 0.717) is 17.0 Å². The zero-order valence-electron chi connectivity index (χ0n) is 8.09. The van der Waals surface area contributed by atoms with Crippen LogP contribution >= 0.6 is 11.6 Å². The molecule has 5 nitrogen and oxygen atoms in total. The summed E-state index contributed by atoms with van der Waals surface area (Å²) in [5.41, 5.74) is 0.364. The quantitative estimate of drug-likeness (QED) is 0.651. The normalized spacial score (nSPS) is 22.8. The van der Waals surface area contributed by atoms with Gasteiger partial charge in [-0.25, -0.2) is 0 Å². The largest absolute Gasteiger partial charge is 0.481 e. The van der Waals surface area contributed by atoms with Crippen molar-refractivity contribution in [2.75, 3.05) is 0 Å². The van der Waals surface area contributed by atoms with Crippen LogP contribution in [0.2, 0.25) is 5.02 Å². The molecular formula is C10H8ClNO4. The van der Waals surface area contributed by atoms with Crippen LogP contribution in [0.4, 0.5) is 5.69 Å². The summed E-state index contributed by atoms with van der Waals surface area (Å²) in [5, 5.41) is 19.9. The van der Waals surface area contributed by atoms with Crippen LogP contribution in [0.3, 0.4) is 0 Å². The minimum atomic E-state index is -0.917. The van der Waals surface area contributed by atoms with E-state index in [0.717, 1.165) is 0 Å². The highest BCUT2D eigenvalue weighted by molar-refractivity contribution is 6.30. The standard InChI is InChI=1S/C10H8ClNO4/c11-5-1-2-9(12(15)16)7(3-5)6-4-8(6)10(13)14/h1-3,6,8H,4H2,(H,13,14)/t6-,8+/m1/s1. The molecule has 1 aliphatic carbocycles. The number of hydrogen-bond acceptors (Lipinski definition) is 3. The van der Waals surface area contributed by atoms with Gasteiger partial charge in [0.05, 0.1) is 10.8 Å². The lowest BCUT2D eigenvalue weighted by atomic mass is 10.1. The molecule has 6 heteroatoms. The van der Waals surface area contributed by atoms with Crippen molar-refractivity contribution in [1.29, 1.82) is 0 Å². The predicted octanol–water partition coefficient (Wildman–Crippen LogP) is 2.44. The van der Waals surface area contributed by atoms with E-state index in [-0.39, 0.29) is 11.6 Å². The molecule has 0 aliphatic heterocycles. The number of carboxylic acid groups (broad SMARTS) is 1. The highest BCUT2D eigenvalue weighted by atomic mass is 35.5. The maximum absolute atomic E-state index is 10.8. The Hall–Kier alpha value is -1.62. The first-order valence-corrected chi connectivity index (χ1v) is 5.05. The SMILES string of the molecule is O=C(O)[C@H]1C[C@@H]1c1cc(Cl)ccc1[N+](=O)[O-]. The predicted molar refractivity (Wildman–Crippen MR) is 56.6 cm³/mol. The third-order valence-corrected chi connectivity index (χ3v) is 2.93. The number of rotatable bonds is 3. The Kier molecular flexibility index (Phi) is 2.55.